The maximum atomic E-state index is 12.0. The van der Waals surface area contributed by atoms with Crippen LogP contribution in [0.2, 0.25) is 0 Å². The molecule has 0 radical (unpaired) electrons. The van der Waals surface area contributed by atoms with Crippen molar-refractivity contribution in [1.29, 1.82) is 0 Å². The highest BCUT2D eigenvalue weighted by molar-refractivity contribution is 5.97. The van der Waals surface area contributed by atoms with E-state index in [9.17, 15) is 9.59 Å². The lowest BCUT2D eigenvalue weighted by Gasteiger charge is -2.12. The number of hydrogen-bond donors (Lipinski definition) is 4. The average molecular weight is 529 g/mol. The summed E-state index contributed by atoms with van der Waals surface area (Å²) in [4.78, 5) is 26.8. The number of aliphatic imine (C=N–C) groups is 1. The quantitative estimate of drug-likeness (QED) is 0.288. The van der Waals surface area contributed by atoms with Crippen LogP contribution in [0.25, 0.3) is 0 Å². The van der Waals surface area contributed by atoms with Crippen LogP contribution in [-0.2, 0) is 24.1 Å². The fourth-order valence-electron chi connectivity index (χ4n) is 4.37. The summed E-state index contributed by atoms with van der Waals surface area (Å²) in [7, 11) is 4.76. The van der Waals surface area contributed by atoms with Crippen molar-refractivity contribution in [2.45, 2.75) is 58.5 Å². The topological polar surface area (TPSA) is 144 Å². The summed E-state index contributed by atoms with van der Waals surface area (Å²) in [6, 6.07) is 11.3. The Balaban J connectivity index is 0.000000290. The lowest BCUT2D eigenvalue weighted by molar-refractivity contribution is -0.119. The molecule has 1 unspecified atom stereocenters. The Morgan fingerprint density at radius 1 is 1.00 bits per heavy atom. The van der Waals surface area contributed by atoms with Crippen molar-refractivity contribution >= 4 is 18.0 Å². The van der Waals surface area contributed by atoms with Gasteiger partial charge in [-0.2, -0.15) is 0 Å². The first-order valence-corrected chi connectivity index (χ1v) is 12.5. The van der Waals surface area contributed by atoms with Gasteiger partial charge in [-0.1, -0.05) is 26.0 Å². The number of hydrogen-bond acceptors (Lipinski definition) is 6. The van der Waals surface area contributed by atoms with E-state index < -0.39 is 6.09 Å². The second-order valence-electron chi connectivity index (χ2n) is 9.60. The molecule has 0 spiro atoms. The average Bonchev–Trinajstić information content (AvgIpc) is 3.24. The molecule has 10 heteroatoms. The lowest BCUT2D eigenvalue weighted by Crippen LogP contribution is -2.38. The summed E-state index contributed by atoms with van der Waals surface area (Å²) in [5, 5.41) is 13.7. The van der Waals surface area contributed by atoms with Crippen molar-refractivity contribution < 1.29 is 28.9 Å². The summed E-state index contributed by atoms with van der Waals surface area (Å²) >= 11 is 0. The second kappa shape index (κ2) is 14.7. The van der Waals surface area contributed by atoms with Crippen LogP contribution >= 0.6 is 0 Å². The summed E-state index contributed by atoms with van der Waals surface area (Å²) < 4.78 is 15.5. The van der Waals surface area contributed by atoms with Crippen LogP contribution in [0.1, 0.15) is 43.9 Å². The molecular formula is C28H40N4O6. The van der Waals surface area contributed by atoms with Crippen molar-refractivity contribution in [2.24, 2.45) is 16.6 Å². The largest absolute Gasteiger partial charge is 0.497 e. The predicted octanol–water partition coefficient (Wildman–Crippen LogP) is 3.54. The SMILES string of the molecule is COc1ccc(CC(=O)NC(N)=NC(C)CC(C)C)cc1OC.COc1ccc2c(c1)C[C@H](NC(=O)O)C2. The van der Waals surface area contributed by atoms with Gasteiger partial charge in [0.1, 0.15) is 5.75 Å². The molecule has 0 heterocycles. The number of nitrogens with one attached hydrogen (secondary N) is 2. The third kappa shape index (κ3) is 9.84. The molecule has 1 aliphatic carbocycles. The van der Waals surface area contributed by atoms with Gasteiger partial charge in [-0.15, -0.1) is 0 Å². The smallest absolute Gasteiger partial charge is 0.404 e. The highest BCUT2D eigenvalue weighted by atomic mass is 16.5. The lowest BCUT2D eigenvalue weighted by atomic mass is 10.1. The highest BCUT2D eigenvalue weighted by Crippen LogP contribution is 2.28. The number of fused-ring (bicyclic) bond motifs is 1. The van der Waals surface area contributed by atoms with Crippen LogP contribution < -0.4 is 30.6 Å². The maximum absolute atomic E-state index is 12.0. The van der Waals surface area contributed by atoms with Gasteiger partial charge in [0, 0.05) is 6.04 Å². The minimum Gasteiger partial charge on any atom is -0.497 e. The first kappa shape index (κ1) is 30.3. The normalized spacial score (nSPS) is 15.0. The summed E-state index contributed by atoms with van der Waals surface area (Å²) in [6.07, 6.45) is 1.67. The van der Waals surface area contributed by atoms with Crippen LogP contribution in [0.3, 0.4) is 0 Å². The molecule has 0 bridgehead atoms. The molecule has 1 aliphatic rings. The number of rotatable bonds is 9. The number of amides is 2. The fourth-order valence-corrected chi connectivity index (χ4v) is 4.37. The van der Waals surface area contributed by atoms with Gasteiger partial charge in [0.25, 0.3) is 0 Å². The van der Waals surface area contributed by atoms with Gasteiger partial charge in [0.2, 0.25) is 5.91 Å². The summed E-state index contributed by atoms with van der Waals surface area (Å²) in [5.74, 6) is 2.51. The van der Waals surface area contributed by atoms with E-state index in [0.29, 0.717) is 17.4 Å². The van der Waals surface area contributed by atoms with Crippen LogP contribution in [-0.4, -0.2) is 56.5 Å². The predicted molar refractivity (Wildman–Crippen MR) is 147 cm³/mol. The van der Waals surface area contributed by atoms with E-state index in [2.05, 4.69) is 29.5 Å². The Labute approximate surface area is 224 Å². The zero-order valence-electron chi connectivity index (χ0n) is 23.0. The molecule has 3 rings (SSSR count). The number of nitrogens with two attached hydrogens (primary N) is 1. The molecule has 0 saturated heterocycles. The van der Waals surface area contributed by atoms with E-state index >= 15 is 0 Å². The van der Waals surface area contributed by atoms with Crippen molar-refractivity contribution in [3.8, 4) is 17.2 Å². The van der Waals surface area contributed by atoms with Gasteiger partial charge in [-0.25, -0.2) is 4.79 Å². The van der Waals surface area contributed by atoms with Gasteiger partial charge >= 0.3 is 6.09 Å². The van der Waals surface area contributed by atoms with E-state index in [1.54, 1.807) is 33.5 Å². The third-order valence-electron chi connectivity index (χ3n) is 5.93. The molecule has 38 heavy (non-hydrogen) atoms. The van der Waals surface area contributed by atoms with E-state index in [4.69, 9.17) is 25.1 Å². The Hall–Kier alpha value is -3.95. The molecule has 5 N–H and O–H groups in total. The van der Waals surface area contributed by atoms with Crippen molar-refractivity contribution in [2.75, 3.05) is 21.3 Å². The number of ether oxygens (including phenoxy) is 3. The molecule has 0 aliphatic heterocycles. The summed E-state index contributed by atoms with van der Waals surface area (Å²) in [5.41, 5.74) is 8.97. The minimum absolute atomic E-state index is 0.00426. The Bertz CT molecular complexity index is 1120. The number of benzene rings is 2. The van der Waals surface area contributed by atoms with Crippen molar-refractivity contribution in [3.63, 3.8) is 0 Å². The number of nitrogens with zero attached hydrogens (tertiary/aromatic N) is 1. The highest BCUT2D eigenvalue weighted by Gasteiger charge is 2.22. The molecule has 0 aromatic heterocycles. The van der Waals surface area contributed by atoms with Crippen molar-refractivity contribution in [1.82, 2.24) is 10.6 Å². The van der Waals surface area contributed by atoms with Crippen LogP contribution in [0, 0.1) is 5.92 Å². The Morgan fingerprint density at radius 3 is 2.29 bits per heavy atom. The third-order valence-corrected chi connectivity index (χ3v) is 5.93. The van der Waals surface area contributed by atoms with E-state index in [1.165, 1.54) is 11.1 Å². The first-order chi connectivity index (χ1) is 18.0. The standard InChI is InChI=1S/C17H27N3O3.C11H13NO3/c1-11(2)8-12(3)19-17(18)20-16(21)10-13-6-7-14(22-4)15(9-13)23-5;1-15-10-3-2-7-4-9(12-11(13)14)5-8(7)6-10/h6-7,9,11-12H,8,10H2,1-5H3,(H3,18,19,20,21);2-3,6,9,12H,4-5H2,1H3,(H,13,14)/t;9-/m.1/s1. The molecule has 0 fully saturated rings. The minimum atomic E-state index is -0.959. The summed E-state index contributed by atoms with van der Waals surface area (Å²) in [6.45, 7) is 6.23. The Kier molecular flexibility index (Phi) is 11.7. The van der Waals surface area contributed by atoms with Crippen LogP contribution in [0.4, 0.5) is 4.79 Å². The second-order valence-corrected chi connectivity index (χ2v) is 9.60. The van der Waals surface area contributed by atoms with Crippen LogP contribution in [0.5, 0.6) is 17.2 Å². The zero-order valence-corrected chi connectivity index (χ0v) is 23.0. The number of methoxy groups -OCH3 is 3. The number of carbonyl (C=O) groups is 2. The maximum Gasteiger partial charge on any atom is 0.404 e. The first-order valence-electron chi connectivity index (χ1n) is 12.5. The Morgan fingerprint density at radius 2 is 1.68 bits per heavy atom. The fraction of sp³-hybridized carbons (Fsp3) is 0.464. The van der Waals surface area contributed by atoms with Gasteiger partial charge in [0.05, 0.1) is 33.8 Å². The monoisotopic (exact) mass is 528 g/mol. The van der Waals surface area contributed by atoms with E-state index in [0.717, 1.165) is 30.6 Å². The number of guanidine groups is 1. The van der Waals surface area contributed by atoms with Gasteiger partial charge in [-0.3, -0.25) is 15.1 Å². The molecule has 2 atom stereocenters. The molecule has 208 valence electrons. The zero-order chi connectivity index (χ0) is 28.2. The molecule has 2 amide bonds. The molecular weight excluding hydrogens is 488 g/mol. The number of carbonyl (C=O) groups excluding carboxylic acids is 1. The molecule has 2 aromatic rings. The number of carboxylic acid groups (broad SMARTS) is 1. The van der Waals surface area contributed by atoms with E-state index in [-0.39, 0.29) is 30.4 Å². The van der Waals surface area contributed by atoms with Crippen molar-refractivity contribution in [3.05, 3.63) is 53.1 Å². The van der Waals surface area contributed by atoms with Gasteiger partial charge in [0.15, 0.2) is 17.5 Å². The molecule has 10 nitrogen and oxygen atoms in total. The van der Waals surface area contributed by atoms with E-state index in [1.807, 2.05) is 31.2 Å². The molecule has 0 saturated carbocycles. The van der Waals surface area contributed by atoms with Crippen LogP contribution in [0.15, 0.2) is 41.4 Å². The van der Waals surface area contributed by atoms with Gasteiger partial charge in [-0.05, 0) is 73.1 Å². The molecule has 2 aromatic carbocycles. The van der Waals surface area contributed by atoms with Gasteiger partial charge < -0.3 is 30.4 Å².